The molecule has 0 aromatic carbocycles. The zero-order valence-electron chi connectivity index (χ0n) is 11.3. The van der Waals surface area contributed by atoms with E-state index in [1.165, 1.54) is 0 Å². The van der Waals surface area contributed by atoms with Gasteiger partial charge in [-0.05, 0) is 41.5 Å². The first-order valence-corrected chi connectivity index (χ1v) is 5.65. The smallest absolute Gasteiger partial charge is 0.105 e. The Hall–Kier alpha value is -0.160. The van der Waals surface area contributed by atoms with Crippen molar-refractivity contribution in [2.24, 2.45) is 0 Å². The molecule has 0 bridgehead atoms. The molecule has 0 aliphatic carbocycles. The Morgan fingerprint density at radius 1 is 0.750 bits per heavy atom. The van der Waals surface area contributed by atoms with Crippen LogP contribution in [0.3, 0.4) is 0 Å². The van der Waals surface area contributed by atoms with Crippen LogP contribution in [0, 0.1) is 0 Å². The Morgan fingerprint density at radius 3 is 1.19 bits per heavy atom. The molecule has 16 heavy (non-hydrogen) atoms. The van der Waals surface area contributed by atoms with E-state index in [2.05, 4.69) is 0 Å². The lowest BCUT2D eigenvalue weighted by Crippen LogP contribution is -2.38. The molecular weight excluding hydrogens is 208 g/mol. The molecule has 0 aromatic heterocycles. The molecule has 4 nitrogen and oxygen atoms in total. The van der Waals surface area contributed by atoms with E-state index in [9.17, 15) is 10.2 Å². The minimum absolute atomic E-state index is 0.109. The summed E-state index contributed by atoms with van der Waals surface area (Å²) in [4.78, 5) is 0. The molecule has 2 unspecified atom stereocenters. The monoisotopic (exact) mass is 234 g/mol. The van der Waals surface area contributed by atoms with Crippen molar-refractivity contribution < 1.29 is 19.7 Å². The maximum Gasteiger partial charge on any atom is 0.105 e. The largest absolute Gasteiger partial charge is 0.388 e. The third kappa shape index (κ3) is 9.09. The van der Waals surface area contributed by atoms with Crippen LogP contribution in [0.25, 0.3) is 0 Å². The van der Waals surface area contributed by atoms with Crippen LogP contribution in [0.5, 0.6) is 0 Å². The lowest BCUT2D eigenvalue weighted by atomic mass is 10.1. The number of hydrogen-bond donors (Lipinski definition) is 2. The quantitative estimate of drug-likeness (QED) is 0.753. The van der Waals surface area contributed by atoms with Gasteiger partial charge in [0.1, 0.15) is 12.2 Å². The molecular formula is C12H26O4. The summed E-state index contributed by atoms with van der Waals surface area (Å²) in [5, 5.41) is 19.2. The summed E-state index contributed by atoms with van der Waals surface area (Å²) in [5.74, 6) is 0. The summed E-state index contributed by atoms with van der Waals surface area (Å²) in [5.41, 5.74) is -0.628. The Bertz CT molecular complexity index is 168. The lowest BCUT2D eigenvalue weighted by molar-refractivity contribution is -0.120. The third-order valence-electron chi connectivity index (χ3n) is 1.82. The fraction of sp³-hybridized carbons (Fsp3) is 1.00. The number of ether oxygens (including phenoxy) is 2. The topological polar surface area (TPSA) is 58.9 Å². The average molecular weight is 234 g/mol. The standard InChI is InChI=1S/C12H26O4/c1-11(2,3)15-7-9(13)10(14)8-16-12(4,5)6/h9-10,13-14H,7-8H2,1-6H3. The maximum atomic E-state index is 9.62. The van der Waals surface area contributed by atoms with Crippen LogP contribution in [0.4, 0.5) is 0 Å². The molecule has 0 spiro atoms. The van der Waals surface area contributed by atoms with Gasteiger partial charge < -0.3 is 19.7 Å². The van der Waals surface area contributed by atoms with Gasteiger partial charge >= 0.3 is 0 Å². The average Bonchev–Trinajstić information content (AvgIpc) is 2.07. The minimum Gasteiger partial charge on any atom is -0.388 e. The van der Waals surface area contributed by atoms with Crippen LogP contribution in [-0.2, 0) is 9.47 Å². The summed E-state index contributed by atoms with van der Waals surface area (Å²) in [6.07, 6.45) is -1.83. The van der Waals surface area contributed by atoms with Crippen molar-refractivity contribution in [1.82, 2.24) is 0 Å². The molecule has 0 radical (unpaired) electrons. The molecule has 0 aliphatic rings. The SMILES string of the molecule is CC(C)(C)OCC(O)C(O)COC(C)(C)C. The van der Waals surface area contributed by atoms with Crippen molar-refractivity contribution in [2.75, 3.05) is 13.2 Å². The highest BCUT2D eigenvalue weighted by Crippen LogP contribution is 2.11. The van der Waals surface area contributed by atoms with E-state index in [-0.39, 0.29) is 24.4 Å². The van der Waals surface area contributed by atoms with Crippen molar-refractivity contribution >= 4 is 0 Å². The molecule has 98 valence electrons. The summed E-state index contributed by atoms with van der Waals surface area (Å²) in [6.45, 7) is 11.6. The predicted molar refractivity (Wildman–Crippen MR) is 63.4 cm³/mol. The molecule has 0 heterocycles. The summed E-state index contributed by atoms with van der Waals surface area (Å²) >= 11 is 0. The van der Waals surface area contributed by atoms with Crippen LogP contribution >= 0.6 is 0 Å². The Morgan fingerprint density at radius 2 is 1.00 bits per heavy atom. The Labute approximate surface area is 98.6 Å². The summed E-state index contributed by atoms with van der Waals surface area (Å²) in [6, 6.07) is 0. The minimum atomic E-state index is -0.915. The molecule has 0 saturated carbocycles. The van der Waals surface area contributed by atoms with E-state index in [1.54, 1.807) is 0 Å². The van der Waals surface area contributed by atoms with Gasteiger partial charge in [0.25, 0.3) is 0 Å². The van der Waals surface area contributed by atoms with Crippen molar-refractivity contribution in [2.45, 2.75) is 65.0 Å². The zero-order chi connectivity index (χ0) is 13.0. The lowest BCUT2D eigenvalue weighted by Gasteiger charge is -2.26. The molecule has 0 aromatic rings. The molecule has 0 rings (SSSR count). The molecule has 0 saturated heterocycles. The van der Waals surface area contributed by atoms with Gasteiger partial charge in [-0.15, -0.1) is 0 Å². The highest BCUT2D eigenvalue weighted by molar-refractivity contribution is 4.70. The van der Waals surface area contributed by atoms with E-state index in [0.29, 0.717) is 0 Å². The Balaban J connectivity index is 3.86. The van der Waals surface area contributed by atoms with Crippen molar-refractivity contribution in [3.05, 3.63) is 0 Å². The molecule has 0 fully saturated rings. The molecule has 0 amide bonds. The third-order valence-corrected chi connectivity index (χ3v) is 1.82. The van der Waals surface area contributed by atoms with Gasteiger partial charge in [-0.1, -0.05) is 0 Å². The van der Waals surface area contributed by atoms with Gasteiger partial charge in [-0.25, -0.2) is 0 Å². The first kappa shape index (κ1) is 15.8. The number of aliphatic hydroxyl groups excluding tert-OH is 2. The van der Waals surface area contributed by atoms with Gasteiger partial charge in [-0.3, -0.25) is 0 Å². The molecule has 4 heteroatoms. The Kier molecular flexibility index (Phi) is 5.90. The van der Waals surface area contributed by atoms with Crippen LogP contribution in [0.1, 0.15) is 41.5 Å². The number of rotatable bonds is 5. The molecule has 0 aliphatic heterocycles. The number of aliphatic hydroxyl groups is 2. The maximum absolute atomic E-state index is 9.62. The van der Waals surface area contributed by atoms with E-state index < -0.39 is 12.2 Å². The number of hydrogen-bond acceptors (Lipinski definition) is 4. The normalized spacial score (nSPS) is 17.2. The summed E-state index contributed by atoms with van der Waals surface area (Å²) in [7, 11) is 0. The van der Waals surface area contributed by atoms with Crippen molar-refractivity contribution in [3.8, 4) is 0 Å². The first-order valence-electron chi connectivity index (χ1n) is 5.65. The van der Waals surface area contributed by atoms with Gasteiger partial charge in [0, 0.05) is 0 Å². The van der Waals surface area contributed by atoms with E-state index in [4.69, 9.17) is 9.47 Å². The highest BCUT2D eigenvalue weighted by atomic mass is 16.5. The highest BCUT2D eigenvalue weighted by Gasteiger charge is 2.22. The fourth-order valence-corrected chi connectivity index (χ4v) is 0.893. The van der Waals surface area contributed by atoms with Gasteiger partial charge in [0.2, 0.25) is 0 Å². The van der Waals surface area contributed by atoms with E-state index in [1.807, 2.05) is 41.5 Å². The van der Waals surface area contributed by atoms with Crippen LogP contribution in [0.15, 0.2) is 0 Å². The van der Waals surface area contributed by atoms with E-state index in [0.717, 1.165) is 0 Å². The fourth-order valence-electron chi connectivity index (χ4n) is 0.893. The van der Waals surface area contributed by atoms with Crippen LogP contribution in [-0.4, -0.2) is 46.8 Å². The van der Waals surface area contributed by atoms with Gasteiger partial charge in [0.15, 0.2) is 0 Å². The first-order chi connectivity index (χ1) is 7.01. The summed E-state index contributed by atoms with van der Waals surface area (Å²) < 4.78 is 10.8. The predicted octanol–water partition coefficient (Wildman–Crippen LogP) is 1.34. The van der Waals surface area contributed by atoms with Crippen molar-refractivity contribution in [1.29, 1.82) is 0 Å². The van der Waals surface area contributed by atoms with Gasteiger partial charge in [0.05, 0.1) is 24.4 Å². The molecule has 2 N–H and O–H groups in total. The van der Waals surface area contributed by atoms with Crippen LogP contribution in [0.2, 0.25) is 0 Å². The van der Waals surface area contributed by atoms with Crippen LogP contribution < -0.4 is 0 Å². The van der Waals surface area contributed by atoms with E-state index >= 15 is 0 Å². The second-order valence-corrected chi connectivity index (χ2v) is 5.98. The zero-order valence-corrected chi connectivity index (χ0v) is 11.3. The van der Waals surface area contributed by atoms with Gasteiger partial charge in [-0.2, -0.15) is 0 Å². The second-order valence-electron chi connectivity index (χ2n) is 5.98. The molecule has 2 atom stereocenters. The second kappa shape index (κ2) is 5.96. The van der Waals surface area contributed by atoms with Crippen molar-refractivity contribution in [3.63, 3.8) is 0 Å².